The zero-order valence-electron chi connectivity index (χ0n) is 18.1. The summed E-state index contributed by atoms with van der Waals surface area (Å²) in [6.45, 7) is 5.84. The first kappa shape index (κ1) is 23.7. The highest BCUT2D eigenvalue weighted by atomic mass is 16.6. The lowest BCUT2D eigenvalue weighted by Crippen LogP contribution is -2.27. The van der Waals surface area contributed by atoms with Gasteiger partial charge in [-0.3, -0.25) is 14.9 Å². The van der Waals surface area contributed by atoms with E-state index in [0.29, 0.717) is 36.3 Å². The maximum absolute atomic E-state index is 12.2. The number of carbonyl (C=O) groups excluding carboxylic acids is 3. The molecule has 0 spiro atoms. The van der Waals surface area contributed by atoms with E-state index >= 15 is 0 Å². The van der Waals surface area contributed by atoms with Crippen molar-refractivity contribution in [3.05, 3.63) is 72.3 Å². The van der Waals surface area contributed by atoms with Crippen molar-refractivity contribution in [2.45, 2.75) is 39.2 Å². The summed E-state index contributed by atoms with van der Waals surface area (Å²) in [5.41, 5.74) is 0.919. The molecular weight excluding hydrogens is 394 g/mol. The summed E-state index contributed by atoms with van der Waals surface area (Å²) in [5.74, 6) is -0.428. The molecule has 164 valence electrons. The minimum absolute atomic E-state index is 0.114. The van der Waals surface area contributed by atoms with Crippen LogP contribution >= 0.6 is 0 Å². The Hall–Kier alpha value is -3.61. The quantitative estimate of drug-likeness (QED) is 0.422. The van der Waals surface area contributed by atoms with Gasteiger partial charge in [0.05, 0.1) is 11.4 Å². The number of unbranched alkanes of at least 4 members (excludes halogenated alkanes) is 1. The predicted octanol–water partition coefficient (Wildman–Crippen LogP) is 4.74. The van der Waals surface area contributed by atoms with Gasteiger partial charge in [0.25, 0.3) is 5.91 Å². The molecule has 0 aliphatic carbocycles. The van der Waals surface area contributed by atoms with E-state index in [4.69, 9.17) is 4.74 Å². The molecule has 0 saturated heterocycles. The third-order valence-electron chi connectivity index (χ3n) is 3.96. The number of allylic oxidation sites excluding steroid dienone is 1. The van der Waals surface area contributed by atoms with Crippen LogP contribution in [-0.4, -0.2) is 30.1 Å². The molecule has 0 unspecified atom stereocenters. The van der Waals surface area contributed by atoms with Crippen molar-refractivity contribution in [3.8, 4) is 0 Å². The molecule has 0 atom stereocenters. The second-order valence-corrected chi connectivity index (χ2v) is 7.83. The number of amides is 3. The van der Waals surface area contributed by atoms with E-state index in [2.05, 4.69) is 16.0 Å². The molecule has 0 radical (unpaired) electrons. The van der Waals surface area contributed by atoms with Gasteiger partial charge >= 0.3 is 6.09 Å². The Morgan fingerprint density at radius 3 is 2.16 bits per heavy atom. The molecule has 0 fully saturated rings. The fraction of sp³-hybridized carbons (Fsp3) is 0.292. The molecule has 0 aliphatic heterocycles. The number of hydrogen-bond acceptors (Lipinski definition) is 4. The van der Waals surface area contributed by atoms with Gasteiger partial charge in [-0.1, -0.05) is 36.4 Å². The van der Waals surface area contributed by atoms with E-state index in [9.17, 15) is 14.4 Å². The molecule has 7 heteroatoms. The third kappa shape index (κ3) is 9.16. The van der Waals surface area contributed by atoms with Crippen LogP contribution in [0.15, 0.2) is 66.7 Å². The summed E-state index contributed by atoms with van der Waals surface area (Å²) in [6, 6.07) is 15.9. The normalized spacial score (nSPS) is 11.1. The molecule has 2 rings (SSSR count). The van der Waals surface area contributed by atoms with Gasteiger partial charge in [-0.25, -0.2) is 4.79 Å². The monoisotopic (exact) mass is 423 g/mol. The Balaban J connectivity index is 1.76. The Kier molecular flexibility index (Phi) is 8.81. The lowest BCUT2D eigenvalue weighted by Gasteiger charge is -2.20. The van der Waals surface area contributed by atoms with Crippen LogP contribution in [-0.2, 0) is 9.53 Å². The van der Waals surface area contributed by atoms with Gasteiger partial charge < -0.3 is 15.4 Å². The summed E-state index contributed by atoms with van der Waals surface area (Å²) in [4.78, 5) is 36.1. The summed E-state index contributed by atoms with van der Waals surface area (Å²) >= 11 is 0. The Morgan fingerprint density at radius 1 is 0.903 bits per heavy atom. The SMILES string of the molecule is CC(C)(C)OC(=O)Nc1ccccc1NC(=O)C=CCCCNC(=O)c1ccccc1. The van der Waals surface area contributed by atoms with Gasteiger partial charge in [-0.05, 0) is 64.0 Å². The van der Waals surface area contributed by atoms with E-state index in [-0.39, 0.29) is 11.8 Å². The van der Waals surface area contributed by atoms with E-state index in [1.165, 1.54) is 6.08 Å². The molecule has 7 nitrogen and oxygen atoms in total. The first-order chi connectivity index (χ1) is 14.7. The van der Waals surface area contributed by atoms with Gasteiger partial charge in [0.1, 0.15) is 5.60 Å². The molecule has 31 heavy (non-hydrogen) atoms. The van der Waals surface area contributed by atoms with Gasteiger partial charge in [0.2, 0.25) is 5.91 Å². The van der Waals surface area contributed by atoms with Crippen molar-refractivity contribution in [1.82, 2.24) is 5.32 Å². The summed E-state index contributed by atoms with van der Waals surface area (Å²) in [5, 5.41) is 8.23. The average Bonchev–Trinajstić information content (AvgIpc) is 2.71. The molecule has 3 N–H and O–H groups in total. The lowest BCUT2D eigenvalue weighted by molar-refractivity contribution is -0.111. The largest absolute Gasteiger partial charge is 0.444 e. The number of carbonyl (C=O) groups is 3. The molecule has 0 bridgehead atoms. The smallest absolute Gasteiger partial charge is 0.412 e. The standard InChI is InChI=1S/C24H29N3O4/c1-24(2,3)31-23(30)27-20-15-10-9-14-19(20)26-21(28)16-8-5-11-17-25-22(29)18-12-6-4-7-13-18/h4,6-10,12-16H,5,11,17H2,1-3H3,(H,25,29)(H,26,28)(H,27,30). The average molecular weight is 424 g/mol. The topological polar surface area (TPSA) is 96.5 Å². The number of rotatable bonds is 8. The third-order valence-corrected chi connectivity index (χ3v) is 3.96. The molecule has 2 aromatic rings. The van der Waals surface area contributed by atoms with Crippen molar-refractivity contribution in [1.29, 1.82) is 0 Å². The van der Waals surface area contributed by atoms with Gasteiger partial charge in [0, 0.05) is 12.1 Å². The van der Waals surface area contributed by atoms with Crippen molar-refractivity contribution in [2.24, 2.45) is 0 Å². The number of ether oxygens (including phenoxy) is 1. The van der Waals surface area contributed by atoms with E-state index in [1.807, 2.05) is 18.2 Å². The first-order valence-corrected chi connectivity index (χ1v) is 10.1. The molecular formula is C24H29N3O4. The van der Waals surface area contributed by atoms with E-state index < -0.39 is 11.7 Å². The van der Waals surface area contributed by atoms with E-state index in [1.54, 1.807) is 63.2 Å². The van der Waals surface area contributed by atoms with Crippen molar-refractivity contribution >= 4 is 29.3 Å². The maximum atomic E-state index is 12.2. The number of hydrogen-bond donors (Lipinski definition) is 3. The highest BCUT2D eigenvalue weighted by Gasteiger charge is 2.17. The van der Waals surface area contributed by atoms with Gasteiger partial charge in [-0.15, -0.1) is 0 Å². The number of para-hydroxylation sites is 2. The van der Waals surface area contributed by atoms with Crippen LogP contribution in [0.1, 0.15) is 44.0 Å². The van der Waals surface area contributed by atoms with Crippen molar-refractivity contribution < 1.29 is 19.1 Å². The second kappa shape index (κ2) is 11.5. The predicted molar refractivity (Wildman–Crippen MR) is 122 cm³/mol. The van der Waals surface area contributed by atoms with Crippen molar-refractivity contribution in [2.75, 3.05) is 17.2 Å². The molecule has 0 aliphatic rings. The van der Waals surface area contributed by atoms with Crippen LogP contribution in [0.4, 0.5) is 16.2 Å². The first-order valence-electron chi connectivity index (χ1n) is 10.1. The molecule has 0 aromatic heterocycles. The molecule has 0 saturated carbocycles. The van der Waals surface area contributed by atoms with Crippen LogP contribution in [0.5, 0.6) is 0 Å². The second-order valence-electron chi connectivity index (χ2n) is 7.83. The number of nitrogens with one attached hydrogen (secondary N) is 3. The fourth-order valence-electron chi connectivity index (χ4n) is 2.59. The highest BCUT2D eigenvalue weighted by molar-refractivity contribution is 6.03. The van der Waals surface area contributed by atoms with Crippen LogP contribution in [0.3, 0.4) is 0 Å². The van der Waals surface area contributed by atoms with Crippen LogP contribution < -0.4 is 16.0 Å². The Labute approximate surface area is 182 Å². The highest BCUT2D eigenvalue weighted by Crippen LogP contribution is 2.22. The number of benzene rings is 2. The Bertz CT molecular complexity index is 918. The summed E-state index contributed by atoms with van der Waals surface area (Å²) < 4.78 is 5.24. The minimum Gasteiger partial charge on any atom is -0.444 e. The van der Waals surface area contributed by atoms with Gasteiger partial charge in [-0.2, -0.15) is 0 Å². The lowest BCUT2D eigenvalue weighted by atomic mass is 10.2. The minimum atomic E-state index is -0.619. The van der Waals surface area contributed by atoms with Crippen molar-refractivity contribution in [3.63, 3.8) is 0 Å². The zero-order chi connectivity index (χ0) is 22.7. The molecule has 0 heterocycles. The zero-order valence-corrected chi connectivity index (χ0v) is 18.1. The van der Waals surface area contributed by atoms with Crippen LogP contribution in [0.25, 0.3) is 0 Å². The summed E-state index contributed by atoms with van der Waals surface area (Å²) in [6.07, 6.45) is 3.93. The number of anilines is 2. The van der Waals surface area contributed by atoms with Crippen LogP contribution in [0, 0.1) is 0 Å². The molecule has 2 aromatic carbocycles. The van der Waals surface area contributed by atoms with Crippen LogP contribution in [0.2, 0.25) is 0 Å². The maximum Gasteiger partial charge on any atom is 0.412 e. The summed E-state index contributed by atoms with van der Waals surface area (Å²) in [7, 11) is 0. The van der Waals surface area contributed by atoms with Gasteiger partial charge in [0.15, 0.2) is 0 Å². The Morgan fingerprint density at radius 2 is 1.52 bits per heavy atom. The molecule has 3 amide bonds. The van der Waals surface area contributed by atoms with E-state index in [0.717, 1.165) is 0 Å². The fourth-order valence-corrected chi connectivity index (χ4v) is 2.59.